The van der Waals surface area contributed by atoms with Crippen molar-refractivity contribution in [1.29, 1.82) is 0 Å². The van der Waals surface area contributed by atoms with Gasteiger partial charge in [0.2, 0.25) is 0 Å². The maximum atomic E-state index is 12.2. The SMILES string of the molecule is NC(CCl)=Nc1cccc(S(=O)(=O)NC2=NCCC2)c1. The third-order valence-corrected chi connectivity index (χ3v) is 4.32. The zero-order chi connectivity index (χ0) is 14.6. The molecule has 0 aliphatic carbocycles. The van der Waals surface area contributed by atoms with Crippen LogP contribution in [0.5, 0.6) is 0 Å². The number of amidine groups is 2. The molecular formula is C12H15ClN4O2S. The summed E-state index contributed by atoms with van der Waals surface area (Å²) >= 11 is 5.54. The molecule has 0 unspecified atom stereocenters. The minimum atomic E-state index is -3.63. The molecular weight excluding hydrogens is 300 g/mol. The summed E-state index contributed by atoms with van der Waals surface area (Å²) in [6, 6.07) is 6.20. The Kier molecular flexibility index (Phi) is 4.61. The summed E-state index contributed by atoms with van der Waals surface area (Å²) in [5.41, 5.74) is 5.97. The number of nitrogens with zero attached hydrogens (tertiary/aromatic N) is 2. The fourth-order valence-corrected chi connectivity index (χ4v) is 2.94. The molecule has 8 heteroatoms. The Balaban J connectivity index is 2.25. The van der Waals surface area contributed by atoms with E-state index in [0.717, 1.165) is 6.42 Å². The molecule has 6 nitrogen and oxygen atoms in total. The third-order valence-electron chi connectivity index (χ3n) is 2.66. The standard InChI is InChI=1S/C12H15ClN4O2S/c13-8-11(14)16-9-3-1-4-10(7-9)20(18,19)17-12-5-2-6-15-12/h1,3-4,7H,2,5-6,8H2,(H2,14,16)(H,15,17). The number of benzene rings is 1. The zero-order valence-electron chi connectivity index (χ0n) is 10.7. The average molecular weight is 315 g/mol. The summed E-state index contributed by atoms with van der Waals surface area (Å²) in [6.45, 7) is 0.661. The Morgan fingerprint density at radius 2 is 2.30 bits per heavy atom. The van der Waals surface area contributed by atoms with Gasteiger partial charge in [-0.25, -0.2) is 13.4 Å². The first kappa shape index (κ1) is 14.8. The molecule has 20 heavy (non-hydrogen) atoms. The average Bonchev–Trinajstić information content (AvgIpc) is 2.91. The molecule has 0 aromatic heterocycles. The summed E-state index contributed by atoms with van der Waals surface area (Å²) < 4.78 is 26.9. The maximum Gasteiger partial charge on any atom is 0.262 e. The van der Waals surface area contributed by atoms with Gasteiger partial charge in [0.1, 0.15) is 11.7 Å². The van der Waals surface area contributed by atoms with Crippen LogP contribution in [0.25, 0.3) is 0 Å². The predicted octanol–water partition coefficient (Wildman–Crippen LogP) is 1.38. The molecule has 0 saturated carbocycles. The van der Waals surface area contributed by atoms with E-state index >= 15 is 0 Å². The molecule has 0 atom stereocenters. The molecule has 1 aromatic carbocycles. The van der Waals surface area contributed by atoms with Gasteiger partial charge in [-0.1, -0.05) is 6.07 Å². The third kappa shape index (κ3) is 3.71. The molecule has 0 bridgehead atoms. The number of hydrogen-bond donors (Lipinski definition) is 2. The van der Waals surface area contributed by atoms with E-state index in [1.807, 2.05) is 0 Å². The van der Waals surface area contributed by atoms with Crippen LogP contribution in [-0.4, -0.2) is 32.5 Å². The highest BCUT2D eigenvalue weighted by Gasteiger charge is 2.18. The van der Waals surface area contributed by atoms with Gasteiger partial charge in [-0.05, 0) is 24.6 Å². The highest BCUT2D eigenvalue weighted by atomic mass is 35.5. The number of aliphatic imine (C=N–C) groups is 2. The molecule has 0 radical (unpaired) electrons. The van der Waals surface area contributed by atoms with Crippen molar-refractivity contribution >= 4 is 39.0 Å². The first-order chi connectivity index (χ1) is 9.51. The van der Waals surface area contributed by atoms with Crippen LogP contribution < -0.4 is 10.5 Å². The lowest BCUT2D eigenvalue weighted by molar-refractivity contribution is 0.592. The maximum absolute atomic E-state index is 12.2. The van der Waals surface area contributed by atoms with Crippen LogP contribution in [0.4, 0.5) is 5.69 Å². The van der Waals surface area contributed by atoms with Crippen LogP contribution in [0.2, 0.25) is 0 Å². The lowest BCUT2D eigenvalue weighted by atomic mass is 10.3. The smallest absolute Gasteiger partial charge is 0.262 e. The molecule has 1 aliphatic heterocycles. The summed E-state index contributed by atoms with van der Waals surface area (Å²) in [4.78, 5) is 8.24. The van der Waals surface area contributed by atoms with Crippen LogP contribution in [0.3, 0.4) is 0 Å². The van der Waals surface area contributed by atoms with E-state index in [-0.39, 0.29) is 16.6 Å². The fraction of sp³-hybridized carbons (Fsp3) is 0.333. The van der Waals surface area contributed by atoms with Crippen LogP contribution >= 0.6 is 11.6 Å². The first-order valence-electron chi connectivity index (χ1n) is 6.06. The number of alkyl halides is 1. The van der Waals surface area contributed by atoms with Crippen molar-refractivity contribution in [3.8, 4) is 0 Å². The number of hydrogen-bond acceptors (Lipinski definition) is 4. The van der Waals surface area contributed by atoms with E-state index < -0.39 is 10.0 Å². The minimum Gasteiger partial charge on any atom is -0.386 e. The van der Waals surface area contributed by atoms with Gasteiger partial charge in [-0.3, -0.25) is 9.71 Å². The molecule has 1 heterocycles. The molecule has 0 fully saturated rings. The number of nitrogens with two attached hydrogens (primary N) is 1. The Morgan fingerprint density at radius 3 is 2.95 bits per heavy atom. The summed E-state index contributed by atoms with van der Waals surface area (Å²) in [5.74, 6) is 0.819. The van der Waals surface area contributed by atoms with Crippen LogP contribution in [0.15, 0.2) is 39.1 Å². The number of sulfonamides is 1. The molecule has 0 spiro atoms. The van der Waals surface area contributed by atoms with E-state index in [0.29, 0.717) is 24.5 Å². The van der Waals surface area contributed by atoms with E-state index in [2.05, 4.69) is 14.7 Å². The van der Waals surface area contributed by atoms with Gasteiger partial charge in [0.25, 0.3) is 10.0 Å². The molecule has 1 aliphatic rings. The monoisotopic (exact) mass is 314 g/mol. The largest absolute Gasteiger partial charge is 0.386 e. The van der Waals surface area contributed by atoms with Crippen molar-refractivity contribution in [1.82, 2.24) is 4.72 Å². The Hall–Kier alpha value is -1.60. The van der Waals surface area contributed by atoms with Crippen LogP contribution in [0.1, 0.15) is 12.8 Å². The molecule has 0 amide bonds. The number of rotatable bonds is 4. The van der Waals surface area contributed by atoms with Gasteiger partial charge in [0.05, 0.1) is 16.5 Å². The van der Waals surface area contributed by atoms with Gasteiger partial charge in [0.15, 0.2) is 0 Å². The first-order valence-corrected chi connectivity index (χ1v) is 8.08. The summed E-state index contributed by atoms with van der Waals surface area (Å²) in [7, 11) is -3.63. The lowest BCUT2D eigenvalue weighted by Crippen LogP contribution is -2.29. The van der Waals surface area contributed by atoms with Crippen molar-refractivity contribution in [3.63, 3.8) is 0 Å². The molecule has 1 aromatic rings. The van der Waals surface area contributed by atoms with Crippen molar-refractivity contribution in [2.45, 2.75) is 17.7 Å². The number of nitrogens with one attached hydrogen (secondary N) is 1. The Bertz CT molecular complexity index is 655. The van der Waals surface area contributed by atoms with Crippen molar-refractivity contribution in [2.24, 2.45) is 15.7 Å². The predicted molar refractivity (Wildman–Crippen MR) is 80.3 cm³/mol. The molecule has 3 N–H and O–H groups in total. The second kappa shape index (κ2) is 6.23. The normalized spacial score (nSPS) is 16.1. The second-order valence-electron chi connectivity index (χ2n) is 4.27. The topological polar surface area (TPSA) is 96.9 Å². The van der Waals surface area contributed by atoms with Gasteiger partial charge in [-0.2, -0.15) is 0 Å². The molecule has 0 saturated heterocycles. The molecule has 2 rings (SSSR count). The van der Waals surface area contributed by atoms with Crippen molar-refractivity contribution < 1.29 is 8.42 Å². The summed E-state index contributed by atoms with van der Waals surface area (Å²) in [6.07, 6.45) is 1.52. The highest BCUT2D eigenvalue weighted by molar-refractivity contribution is 7.90. The molecule has 108 valence electrons. The van der Waals surface area contributed by atoms with E-state index in [1.54, 1.807) is 12.1 Å². The summed E-state index contributed by atoms with van der Waals surface area (Å²) in [5, 5.41) is 0. The van der Waals surface area contributed by atoms with Crippen LogP contribution in [-0.2, 0) is 10.0 Å². The quantitative estimate of drug-likeness (QED) is 0.499. The van der Waals surface area contributed by atoms with Gasteiger partial charge < -0.3 is 5.73 Å². The zero-order valence-corrected chi connectivity index (χ0v) is 12.3. The van der Waals surface area contributed by atoms with Gasteiger partial charge in [-0.15, -0.1) is 11.6 Å². The van der Waals surface area contributed by atoms with Gasteiger partial charge >= 0.3 is 0 Å². The minimum absolute atomic E-state index is 0.0893. The lowest BCUT2D eigenvalue weighted by Gasteiger charge is -2.08. The van der Waals surface area contributed by atoms with Crippen molar-refractivity contribution in [3.05, 3.63) is 24.3 Å². The van der Waals surface area contributed by atoms with Crippen LogP contribution in [0, 0.1) is 0 Å². The van der Waals surface area contributed by atoms with Crippen molar-refractivity contribution in [2.75, 3.05) is 12.4 Å². The number of halogens is 1. The van der Waals surface area contributed by atoms with E-state index in [9.17, 15) is 8.42 Å². The van der Waals surface area contributed by atoms with Gasteiger partial charge in [0, 0.05) is 13.0 Å². The van der Waals surface area contributed by atoms with E-state index in [1.165, 1.54) is 12.1 Å². The van der Waals surface area contributed by atoms with E-state index in [4.69, 9.17) is 17.3 Å². The second-order valence-corrected chi connectivity index (χ2v) is 6.22. The highest BCUT2D eigenvalue weighted by Crippen LogP contribution is 2.18. The Labute approximate surface area is 122 Å². The Morgan fingerprint density at radius 1 is 1.50 bits per heavy atom. The fourth-order valence-electron chi connectivity index (χ4n) is 1.75.